The summed E-state index contributed by atoms with van der Waals surface area (Å²) in [5, 5.41) is 7.70. The van der Waals surface area contributed by atoms with E-state index in [1.807, 2.05) is 0 Å². The summed E-state index contributed by atoms with van der Waals surface area (Å²) in [4.78, 5) is 5.36. The summed E-state index contributed by atoms with van der Waals surface area (Å²) < 4.78 is 63.9. The number of hydrogen-bond acceptors (Lipinski definition) is 5. The van der Waals surface area contributed by atoms with E-state index in [-0.39, 0.29) is 47.3 Å². The molecule has 1 fully saturated rings. The maximum absolute atomic E-state index is 12.4. The summed E-state index contributed by atoms with van der Waals surface area (Å²) in [6, 6.07) is 3.05. The quantitative estimate of drug-likeness (QED) is 0.211. The molecule has 7 nitrogen and oxygen atoms in total. The largest absolute Gasteiger partial charge is 0.401 e. The lowest BCUT2D eigenvalue weighted by Crippen LogP contribution is -2.46. The van der Waals surface area contributed by atoms with E-state index in [4.69, 9.17) is 0 Å². The topological polar surface area (TPSA) is 85.8 Å². The molecule has 3 N–H and O–H groups in total. The molecule has 2 heterocycles. The van der Waals surface area contributed by atoms with E-state index in [2.05, 4.69) is 20.3 Å². The van der Waals surface area contributed by atoms with Crippen molar-refractivity contribution in [3.63, 3.8) is 0 Å². The predicted molar refractivity (Wildman–Crippen MR) is 110 cm³/mol. The Morgan fingerprint density at radius 2 is 2.15 bits per heavy atom. The Morgan fingerprint density at radius 1 is 1.41 bits per heavy atom. The van der Waals surface area contributed by atoms with E-state index in [0.717, 1.165) is 11.3 Å². The van der Waals surface area contributed by atoms with Crippen molar-refractivity contribution in [2.45, 2.75) is 22.8 Å². The van der Waals surface area contributed by atoms with Crippen molar-refractivity contribution in [2.24, 2.45) is 4.99 Å². The van der Waals surface area contributed by atoms with Gasteiger partial charge in [0.1, 0.15) is 4.21 Å². The van der Waals surface area contributed by atoms with Gasteiger partial charge >= 0.3 is 6.18 Å². The smallest absolute Gasteiger partial charge is 0.355 e. The van der Waals surface area contributed by atoms with Crippen molar-refractivity contribution < 1.29 is 21.6 Å². The molecule has 1 atom stereocenters. The summed E-state index contributed by atoms with van der Waals surface area (Å²) in [6.45, 7) is 0.191. The second-order valence-electron chi connectivity index (χ2n) is 5.81. The SMILES string of the molecule is CN=C(NCCNS(=O)(=O)c1cccs1)NC1CCN(CC(F)(F)F)C1.I. The van der Waals surface area contributed by atoms with Crippen LogP contribution >= 0.6 is 35.3 Å². The first-order chi connectivity index (χ1) is 12.2. The Hall–Kier alpha value is -0.640. The van der Waals surface area contributed by atoms with Gasteiger partial charge in [-0.05, 0) is 17.9 Å². The molecule has 0 bridgehead atoms. The number of aliphatic imine (C=N–C) groups is 1. The van der Waals surface area contributed by atoms with E-state index in [1.54, 1.807) is 18.5 Å². The normalized spacial score (nSPS) is 19.0. The Kier molecular flexibility index (Phi) is 9.74. The Balaban J connectivity index is 0.00000364. The van der Waals surface area contributed by atoms with Gasteiger partial charge in [0.25, 0.3) is 0 Å². The third kappa shape index (κ3) is 8.50. The van der Waals surface area contributed by atoms with Crippen LogP contribution in [0.4, 0.5) is 13.2 Å². The monoisotopic (exact) mass is 541 g/mol. The molecule has 0 aromatic carbocycles. The van der Waals surface area contributed by atoms with Crippen LogP contribution in [0.25, 0.3) is 0 Å². The van der Waals surface area contributed by atoms with Gasteiger partial charge in [0, 0.05) is 39.3 Å². The fraction of sp³-hybridized carbons (Fsp3) is 0.643. The first-order valence-corrected chi connectivity index (χ1v) is 10.4. The Labute approximate surface area is 177 Å². The van der Waals surface area contributed by atoms with Crippen LogP contribution in [0.3, 0.4) is 0 Å². The van der Waals surface area contributed by atoms with Gasteiger partial charge in [0.2, 0.25) is 10.0 Å². The van der Waals surface area contributed by atoms with Crippen LogP contribution in [0, 0.1) is 0 Å². The van der Waals surface area contributed by atoms with E-state index in [9.17, 15) is 21.6 Å². The highest BCUT2D eigenvalue weighted by molar-refractivity contribution is 14.0. The van der Waals surface area contributed by atoms with Crippen LogP contribution in [0.2, 0.25) is 0 Å². The molecule has 2 rings (SSSR count). The molecule has 1 unspecified atom stereocenters. The van der Waals surface area contributed by atoms with Gasteiger partial charge in [0.05, 0.1) is 6.54 Å². The van der Waals surface area contributed by atoms with Gasteiger partial charge in [-0.15, -0.1) is 35.3 Å². The lowest BCUT2D eigenvalue weighted by molar-refractivity contribution is -0.143. The lowest BCUT2D eigenvalue weighted by Gasteiger charge is -2.19. The average Bonchev–Trinajstić information content (AvgIpc) is 3.21. The molecule has 156 valence electrons. The van der Waals surface area contributed by atoms with Gasteiger partial charge in [-0.3, -0.25) is 9.89 Å². The number of halogens is 4. The standard InChI is InChI=1S/C14H22F3N5O2S2.HI/c1-18-13(21-11-4-7-22(9-11)10-14(15,16)17)19-5-6-20-26(23,24)12-3-2-8-25-12;/h2-3,8,11,20H,4-7,9-10H2,1H3,(H2,18,19,21);1H. The molecule has 1 aromatic rings. The molecule has 13 heteroatoms. The van der Waals surface area contributed by atoms with Crippen molar-refractivity contribution in [3.8, 4) is 0 Å². The Bertz CT molecular complexity index is 698. The van der Waals surface area contributed by atoms with Crippen LogP contribution in [-0.4, -0.2) is 71.3 Å². The van der Waals surface area contributed by atoms with Crippen molar-refractivity contribution in [2.75, 3.05) is 39.8 Å². The second kappa shape index (κ2) is 10.8. The third-order valence-electron chi connectivity index (χ3n) is 3.71. The maximum Gasteiger partial charge on any atom is 0.401 e. The van der Waals surface area contributed by atoms with Gasteiger partial charge < -0.3 is 10.6 Å². The molecule has 1 saturated heterocycles. The first kappa shape index (κ1) is 24.4. The highest BCUT2D eigenvalue weighted by Crippen LogP contribution is 2.20. The van der Waals surface area contributed by atoms with Crippen LogP contribution in [0.15, 0.2) is 26.7 Å². The number of nitrogens with one attached hydrogen (secondary N) is 3. The number of sulfonamides is 1. The minimum atomic E-state index is -4.20. The minimum Gasteiger partial charge on any atom is -0.355 e. The van der Waals surface area contributed by atoms with Crippen molar-refractivity contribution in [1.29, 1.82) is 0 Å². The van der Waals surface area contributed by atoms with Crippen LogP contribution in [-0.2, 0) is 10.0 Å². The molecule has 27 heavy (non-hydrogen) atoms. The maximum atomic E-state index is 12.4. The number of likely N-dealkylation sites (tertiary alicyclic amines) is 1. The zero-order chi connectivity index (χ0) is 19.2. The highest BCUT2D eigenvalue weighted by atomic mass is 127. The summed E-state index contributed by atoms with van der Waals surface area (Å²) in [6.07, 6.45) is -3.61. The van der Waals surface area contributed by atoms with Crippen molar-refractivity contribution in [1.82, 2.24) is 20.3 Å². The number of thiophene rings is 1. The van der Waals surface area contributed by atoms with Crippen molar-refractivity contribution in [3.05, 3.63) is 17.5 Å². The second-order valence-corrected chi connectivity index (χ2v) is 8.75. The van der Waals surface area contributed by atoms with E-state index in [1.165, 1.54) is 11.0 Å². The minimum absolute atomic E-state index is 0. The summed E-state index contributed by atoms with van der Waals surface area (Å²) in [5.41, 5.74) is 0. The molecule has 0 aliphatic carbocycles. The number of alkyl halides is 3. The third-order valence-corrected chi connectivity index (χ3v) is 6.57. The molecular weight excluding hydrogens is 518 g/mol. The molecule has 0 radical (unpaired) electrons. The van der Waals surface area contributed by atoms with Gasteiger partial charge in [-0.25, -0.2) is 13.1 Å². The summed E-state index contributed by atoms with van der Waals surface area (Å²) in [5.74, 6) is 0.430. The molecule has 1 aliphatic rings. The summed E-state index contributed by atoms with van der Waals surface area (Å²) >= 11 is 1.13. The predicted octanol–water partition coefficient (Wildman–Crippen LogP) is 1.45. The molecule has 1 aromatic heterocycles. The number of rotatable bonds is 7. The first-order valence-electron chi connectivity index (χ1n) is 7.99. The van der Waals surface area contributed by atoms with Crippen molar-refractivity contribution >= 4 is 51.3 Å². The molecule has 1 aliphatic heterocycles. The highest BCUT2D eigenvalue weighted by Gasteiger charge is 2.34. The molecule has 0 amide bonds. The molecule has 0 saturated carbocycles. The fourth-order valence-electron chi connectivity index (χ4n) is 2.59. The summed E-state index contributed by atoms with van der Waals surface area (Å²) in [7, 11) is -1.96. The number of guanidine groups is 1. The van der Waals surface area contributed by atoms with Gasteiger partial charge in [0.15, 0.2) is 5.96 Å². The number of nitrogens with zero attached hydrogens (tertiary/aromatic N) is 2. The average molecular weight is 541 g/mol. The van der Waals surface area contributed by atoms with E-state index < -0.39 is 22.7 Å². The zero-order valence-electron chi connectivity index (χ0n) is 14.6. The fourth-order valence-corrected chi connectivity index (χ4v) is 4.66. The zero-order valence-corrected chi connectivity index (χ0v) is 18.6. The Morgan fingerprint density at radius 3 is 2.74 bits per heavy atom. The molecular formula is C14H23F3IN5O2S2. The van der Waals surface area contributed by atoms with Gasteiger partial charge in [-0.1, -0.05) is 6.07 Å². The van der Waals surface area contributed by atoms with Crippen LogP contribution in [0.5, 0.6) is 0 Å². The lowest BCUT2D eigenvalue weighted by atomic mass is 10.3. The van der Waals surface area contributed by atoms with E-state index in [0.29, 0.717) is 25.5 Å². The van der Waals surface area contributed by atoms with Crippen LogP contribution < -0.4 is 15.4 Å². The number of hydrogen-bond donors (Lipinski definition) is 3. The van der Waals surface area contributed by atoms with E-state index >= 15 is 0 Å². The molecule has 0 spiro atoms. The van der Waals surface area contributed by atoms with Gasteiger partial charge in [-0.2, -0.15) is 13.2 Å². The van der Waals surface area contributed by atoms with Crippen LogP contribution in [0.1, 0.15) is 6.42 Å².